The van der Waals surface area contributed by atoms with Gasteiger partial charge in [0.25, 0.3) is 0 Å². The van der Waals surface area contributed by atoms with Gasteiger partial charge in [0.05, 0.1) is 0 Å². The van der Waals surface area contributed by atoms with Gasteiger partial charge in [0.15, 0.2) is 0 Å². The van der Waals surface area contributed by atoms with E-state index in [1.54, 1.807) is 30.3 Å². The Kier molecular flexibility index (Phi) is 20.9. The average Bonchev–Trinajstić information content (AvgIpc) is 3.18. The van der Waals surface area contributed by atoms with Gasteiger partial charge >= 0.3 is 29.8 Å². The van der Waals surface area contributed by atoms with Crippen molar-refractivity contribution in [2.24, 2.45) is 0 Å². The van der Waals surface area contributed by atoms with Crippen LogP contribution in [-0.4, -0.2) is 7.18 Å². The van der Waals surface area contributed by atoms with Gasteiger partial charge in [-0.2, -0.15) is 0 Å². The molecule has 1 aromatic carbocycles. The molecule has 0 aliphatic heterocycles. The fourth-order valence-electron chi connectivity index (χ4n) is 1.60. The molecule has 1 aliphatic carbocycles. The van der Waals surface area contributed by atoms with E-state index in [0.29, 0.717) is 5.56 Å². The molecule has 2 rings (SSSR count). The average molecular weight is 392 g/mol. The van der Waals surface area contributed by atoms with Gasteiger partial charge in [-0.1, -0.05) is 60.7 Å². The Balaban J connectivity index is -0.000000404. The van der Waals surface area contributed by atoms with Gasteiger partial charge in [-0.05, 0) is 12.0 Å². The second kappa shape index (κ2) is 18.6. The molecule has 0 fully saturated rings. The van der Waals surface area contributed by atoms with Crippen molar-refractivity contribution < 1.29 is 44.0 Å². The molecule has 25 heavy (non-hydrogen) atoms. The summed E-state index contributed by atoms with van der Waals surface area (Å²) in [7, 11) is -5.24. The molecule has 0 N–H and O–H groups in total. The zero-order valence-electron chi connectivity index (χ0n) is 13.1. The Hall–Kier alpha value is -1.75. The summed E-state index contributed by atoms with van der Waals surface area (Å²) in [5.41, 5.74) is 0.511. The van der Waals surface area contributed by atoms with Crippen molar-refractivity contribution in [2.75, 3.05) is 0 Å². The molecule has 135 valence electrons. The minimum absolute atomic E-state index is 0. The number of hydrogen-bond donors (Lipinski definition) is 0. The molecule has 1 atom stereocenters. The number of allylic oxidation sites excluding steroid dienone is 4. The number of halogens is 3. The predicted octanol–water partition coefficient (Wildman–Crippen LogP) is 4.90. The fourth-order valence-corrected chi connectivity index (χ4v) is 1.60. The molecule has 8 heteroatoms. The van der Waals surface area contributed by atoms with Gasteiger partial charge in [0.2, 0.25) is 0 Å². The van der Waals surface area contributed by atoms with Crippen LogP contribution >= 0.6 is 0 Å². The third-order valence-electron chi connectivity index (χ3n) is 2.43. The first-order chi connectivity index (χ1) is 11.5. The van der Waals surface area contributed by atoms with E-state index in [1.165, 1.54) is 6.08 Å². The molecule has 0 spiro atoms. The van der Waals surface area contributed by atoms with E-state index < -0.39 is 13.3 Å². The van der Waals surface area contributed by atoms with Crippen LogP contribution in [0.1, 0.15) is 18.1 Å². The second-order valence-electron chi connectivity index (χ2n) is 4.04. The third kappa shape index (κ3) is 16.9. The van der Waals surface area contributed by atoms with Crippen LogP contribution in [0.2, 0.25) is 0 Å². The van der Waals surface area contributed by atoms with Crippen molar-refractivity contribution in [3.8, 4) is 0 Å². The Morgan fingerprint density at radius 1 is 1.00 bits per heavy atom. The first-order valence-electron chi connectivity index (χ1n) is 6.63. The van der Waals surface area contributed by atoms with Crippen LogP contribution in [0.5, 0.6) is 0 Å². The van der Waals surface area contributed by atoms with Crippen LogP contribution < -0.4 is 0 Å². The van der Waals surface area contributed by atoms with Crippen LogP contribution in [0.3, 0.4) is 0 Å². The SMILES string of the molecule is C=CCC(O[B-](F)(F)F)c1ccccc1.[C-]#[O+].[C-]#[O+].[CH]1C=CC=C1.[Fe]. The molecular formula is C17H16BF3FeO3-. The normalized spacial score (nSPS) is 11.8. The van der Waals surface area contributed by atoms with E-state index >= 15 is 0 Å². The molecule has 1 aliphatic rings. The van der Waals surface area contributed by atoms with E-state index in [9.17, 15) is 12.9 Å². The van der Waals surface area contributed by atoms with Gasteiger partial charge in [-0.3, -0.25) is 0 Å². The van der Waals surface area contributed by atoms with Crippen molar-refractivity contribution in [2.45, 2.75) is 12.5 Å². The number of benzene rings is 1. The van der Waals surface area contributed by atoms with E-state index in [1.807, 2.05) is 30.7 Å². The summed E-state index contributed by atoms with van der Waals surface area (Å²) in [5, 5.41) is 0. The van der Waals surface area contributed by atoms with Crippen LogP contribution in [0.25, 0.3) is 0 Å². The van der Waals surface area contributed by atoms with Gasteiger partial charge in [-0.25, -0.2) is 0 Å². The molecule has 0 saturated heterocycles. The van der Waals surface area contributed by atoms with Gasteiger partial charge in [0, 0.05) is 29.6 Å². The Labute approximate surface area is 156 Å². The largest absolute Gasteiger partial charge is 0.0767 e. The summed E-state index contributed by atoms with van der Waals surface area (Å²) < 4.78 is 55.4. The van der Waals surface area contributed by atoms with Gasteiger partial charge < -0.3 is 17.6 Å². The molecule has 1 aromatic rings. The van der Waals surface area contributed by atoms with Crippen molar-refractivity contribution >= 4 is 7.18 Å². The van der Waals surface area contributed by atoms with E-state index in [2.05, 4.69) is 24.5 Å². The van der Waals surface area contributed by atoms with Gasteiger partial charge in [0.1, 0.15) is 0 Å². The summed E-state index contributed by atoms with van der Waals surface area (Å²) in [6, 6.07) is 8.31. The Morgan fingerprint density at radius 2 is 1.48 bits per heavy atom. The molecule has 0 amide bonds. The van der Waals surface area contributed by atoms with E-state index in [4.69, 9.17) is 9.30 Å². The monoisotopic (exact) mass is 392 g/mol. The summed E-state index contributed by atoms with van der Waals surface area (Å²) in [4.78, 5) is 0. The number of hydrogen-bond acceptors (Lipinski definition) is 1. The van der Waals surface area contributed by atoms with Crippen molar-refractivity contribution in [3.63, 3.8) is 0 Å². The van der Waals surface area contributed by atoms with Crippen LogP contribution in [0, 0.1) is 19.7 Å². The summed E-state index contributed by atoms with van der Waals surface area (Å²) in [6.07, 6.45) is 10.6. The third-order valence-corrected chi connectivity index (χ3v) is 2.43. The van der Waals surface area contributed by atoms with Gasteiger partial charge in [-0.15, -0.1) is 6.58 Å². The maximum absolute atomic E-state index is 12.1. The fraction of sp³-hybridized carbons (Fsp3) is 0.118. The quantitative estimate of drug-likeness (QED) is 0.304. The Bertz CT molecular complexity index is 524. The van der Waals surface area contributed by atoms with Crippen LogP contribution in [-0.2, 0) is 31.0 Å². The minimum Gasteiger partial charge on any atom is -0.0767 e. The summed E-state index contributed by atoms with van der Waals surface area (Å²) in [5.74, 6) is 0. The zero-order chi connectivity index (χ0) is 18.8. The minimum atomic E-state index is -5.24. The first-order valence-corrected chi connectivity index (χ1v) is 6.63. The van der Waals surface area contributed by atoms with Crippen molar-refractivity contribution in [1.29, 1.82) is 0 Å². The summed E-state index contributed by atoms with van der Waals surface area (Å²) >= 11 is 0. The smallest absolute Gasteiger partial charge is 0.00506 e. The predicted molar refractivity (Wildman–Crippen MR) is 84.6 cm³/mol. The Morgan fingerprint density at radius 3 is 1.80 bits per heavy atom. The van der Waals surface area contributed by atoms with E-state index in [-0.39, 0.29) is 23.5 Å². The molecule has 1 unspecified atom stereocenters. The second-order valence-corrected chi connectivity index (χ2v) is 4.04. The van der Waals surface area contributed by atoms with Crippen molar-refractivity contribution in [3.05, 3.63) is 92.6 Å². The first kappa shape index (κ1) is 28.1. The van der Waals surface area contributed by atoms with E-state index in [0.717, 1.165) is 0 Å². The zero-order valence-corrected chi connectivity index (χ0v) is 14.2. The molecule has 1 radical (unpaired) electrons. The summed E-state index contributed by atoms with van der Waals surface area (Å²) in [6.45, 7) is 12.4. The maximum atomic E-state index is 12.1. The van der Waals surface area contributed by atoms with Crippen LogP contribution in [0.15, 0.2) is 67.3 Å². The van der Waals surface area contributed by atoms with Crippen molar-refractivity contribution in [1.82, 2.24) is 0 Å². The molecular weight excluding hydrogens is 376 g/mol. The van der Waals surface area contributed by atoms with Crippen LogP contribution in [0.4, 0.5) is 12.9 Å². The molecule has 0 aromatic heterocycles. The number of rotatable bonds is 5. The molecule has 3 nitrogen and oxygen atoms in total. The standard InChI is InChI=1S/C10H11BF3O.C5H5.2CO.Fe/c1-2-6-10(15-11(12,13)14)9-7-4-3-5-8-9;1-2-4-5-3-1;2*1-2;/h2-5,7-8,10H,1,6H2;1-5H;;;/q-1;;;;. The maximum Gasteiger partial charge on any atom is 0.00506 e. The molecule has 0 heterocycles. The molecule has 0 saturated carbocycles. The topological polar surface area (TPSA) is 49.0 Å². The molecule has 0 bridgehead atoms.